The van der Waals surface area contributed by atoms with Crippen LogP contribution in [0.1, 0.15) is 33.6 Å². The molecule has 0 aliphatic carbocycles. The first-order chi connectivity index (χ1) is 11.1. The van der Waals surface area contributed by atoms with Gasteiger partial charge in [0.15, 0.2) is 0 Å². The fourth-order valence-corrected chi connectivity index (χ4v) is 2.88. The predicted molar refractivity (Wildman–Crippen MR) is 84.4 cm³/mol. The van der Waals surface area contributed by atoms with Crippen molar-refractivity contribution in [1.82, 2.24) is 15.3 Å². The summed E-state index contributed by atoms with van der Waals surface area (Å²) < 4.78 is 39.7. The highest BCUT2D eigenvalue weighted by Crippen LogP contribution is 2.33. The first-order valence-corrected chi connectivity index (χ1v) is 7.98. The minimum atomic E-state index is -4.48. The molecule has 8 heteroatoms. The van der Waals surface area contributed by atoms with Gasteiger partial charge in [-0.1, -0.05) is 20.8 Å². The largest absolute Gasteiger partial charge is 0.409 e. The summed E-state index contributed by atoms with van der Waals surface area (Å²) in [5.74, 6) is -0.569. The van der Waals surface area contributed by atoms with Gasteiger partial charge in [-0.25, -0.2) is 9.97 Å². The maximum absolute atomic E-state index is 13.2. The molecule has 2 atom stereocenters. The van der Waals surface area contributed by atoms with Crippen LogP contribution in [-0.2, 0) is 4.79 Å². The van der Waals surface area contributed by atoms with Crippen molar-refractivity contribution in [2.24, 2.45) is 11.3 Å². The zero-order chi connectivity index (χ0) is 18.0. The van der Waals surface area contributed by atoms with Gasteiger partial charge in [-0.2, -0.15) is 13.2 Å². The molecule has 1 saturated heterocycles. The van der Waals surface area contributed by atoms with E-state index in [1.807, 2.05) is 4.90 Å². The maximum Gasteiger partial charge on any atom is 0.409 e. The van der Waals surface area contributed by atoms with E-state index in [9.17, 15) is 18.0 Å². The fourth-order valence-electron chi connectivity index (χ4n) is 2.88. The second-order valence-corrected chi connectivity index (χ2v) is 7.18. The average molecular weight is 344 g/mol. The van der Waals surface area contributed by atoms with E-state index in [4.69, 9.17) is 0 Å². The summed E-state index contributed by atoms with van der Waals surface area (Å²) in [7, 11) is 0. The molecule has 1 aromatic rings. The van der Waals surface area contributed by atoms with E-state index >= 15 is 0 Å². The number of carbonyl (C=O) groups is 1. The van der Waals surface area contributed by atoms with Crippen LogP contribution in [-0.4, -0.2) is 41.2 Å². The topological polar surface area (TPSA) is 58.1 Å². The Bertz CT molecular complexity index is 543. The molecule has 0 saturated carbocycles. The van der Waals surface area contributed by atoms with Crippen molar-refractivity contribution in [3.63, 3.8) is 0 Å². The first kappa shape index (κ1) is 18.5. The summed E-state index contributed by atoms with van der Waals surface area (Å²) in [5.41, 5.74) is -1.11. The number of nitrogens with zero attached hydrogens (tertiary/aromatic N) is 3. The number of alkyl halides is 3. The third-order valence-corrected chi connectivity index (χ3v) is 4.11. The zero-order valence-corrected chi connectivity index (χ0v) is 14.1. The summed E-state index contributed by atoms with van der Waals surface area (Å²) in [4.78, 5) is 22.5. The lowest BCUT2D eigenvalue weighted by molar-refractivity contribution is -0.181. The molecule has 2 rings (SSSR count). The van der Waals surface area contributed by atoms with Gasteiger partial charge in [0.05, 0.1) is 5.92 Å². The zero-order valence-electron chi connectivity index (χ0n) is 14.1. The Morgan fingerprint density at radius 2 is 1.92 bits per heavy atom. The number of nitrogens with one attached hydrogen (secondary N) is 1. The number of carbonyl (C=O) groups excluding carboxylic acids is 1. The van der Waals surface area contributed by atoms with Crippen molar-refractivity contribution in [1.29, 1.82) is 0 Å². The van der Waals surface area contributed by atoms with E-state index < -0.39 is 29.5 Å². The van der Waals surface area contributed by atoms with Crippen LogP contribution in [0.2, 0.25) is 0 Å². The molecule has 1 amide bonds. The number of anilines is 1. The molecule has 1 aliphatic rings. The molecule has 0 bridgehead atoms. The number of halogens is 3. The minimum Gasteiger partial charge on any atom is -0.344 e. The Morgan fingerprint density at radius 3 is 2.46 bits per heavy atom. The summed E-state index contributed by atoms with van der Waals surface area (Å²) in [5, 5.41) is 2.21. The normalized spacial score (nSPS) is 20.6. The number of piperidine rings is 1. The number of hydrogen-bond acceptors (Lipinski definition) is 4. The molecule has 5 nitrogen and oxygen atoms in total. The van der Waals surface area contributed by atoms with E-state index in [0.717, 1.165) is 0 Å². The third kappa shape index (κ3) is 4.58. The van der Waals surface area contributed by atoms with Crippen LogP contribution in [0.3, 0.4) is 0 Å². The Balaban J connectivity index is 2.06. The van der Waals surface area contributed by atoms with Gasteiger partial charge in [0.1, 0.15) is 6.04 Å². The molecular formula is C16H23F3N4O. The molecule has 0 radical (unpaired) electrons. The van der Waals surface area contributed by atoms with Crippen LogP contribution in [0.15, 0.2) is 18.5 Å². The molecule has 2 heterocycles. The molecule has 134 valence electrons. The van der Waals surface area contributed by atoms with Gasteiger partial charge in [0.25, 0.3) is 0 Å². The van der Waals surface area contributed by atoms with Gasteiger partial charge in [-0.3, -0.25) is 4.79 Å². The van der Waals surface area contributed by atoms with Gasteiger partial charge >= 0.3 is 6.18 Å². The highest BCUT2D eigenvalue weighted by atomic mass is 19.4. The van der Waals surface area contributed by atoms with Crippen LogP contribution in [0.4, 0.5) is 19.1 Å². The highest BCUT2D eigenvalue weighted by molar-refractivity contribution is 5.80. The summed E-state index contributed by atoms with van der Waals surface area (Å²) in [6, 6.07) is -0.185. The van der Waals surface area contributed by atoms with E-state index in [-0.39, 0.29) is 0 Å². The Morgan fingerprint density at radius 1 is 1.29 bits per heavy atom. The second kappa shape index (κ2) is 6.94. The van der Waals surface area contributed by atoms with Crippen molar-refractivity contribution in [2.45, 2.75) is 45.8 Å². The lowest BCUT2D eigenvalue weighted by atomic mass is 9.85. The average Bonchev–Trinajstić information content (AvgIpc) is 2.51. The van der Waals surface area contributed by atoms with Gasteiger partial charge in [0.2, 0.25) is 11.9 Å². The number of amides is 1. The molecule has 1 fully saturated rings. The Labute approximate surface area is 139 Å². The molecule has 0 aromatic carbocycles. The lowest BCUT2D eigenvalue weighted by Crippen LogP contribution is -2.56. The second-order valence-electron chi connectivity index (χ2n) is 7.18. The van der Waals surface area contributed by atoms with Crippen LogP contribution < -0.4 is 10.2 Å². The third-order valence-electron chi connectivity index (χ3n) is 4.11. The number of hydrogen-bond donors (Lipinski definition) is 1. The summed E-state index contributed by atoms with van der Waals surface area (Å²) in [6.45, 7) is 5.42. The smallest absolute Gasteiger partial charge is 0.344 e. The highest BCUT2D eigenvalue weighted by Gasteiger charge is 2.48. The molecule has 1 N–H and O–H groups in total. The fraction of sp³-hybridized carbons (Fsp3) is 0.688. The van der Waals surface area contributed by atoms with Gasteiger partial charge in [0, 0.05) is 25.5 Å². The molecule has 0 unspecified atom stereocenters. The quantitative estimate of drug-likeness (QED) is 0.916. The van der Waals surface area contributed by atoms with Crippen LogP contribution in [0, 0.1) is 11.3 Å². The SMILES string of the molecule is CC(C)(C)[C@@H](NC(=O)[C@H]1CCCN(c2ncccn2)C1)C(F)(F)F. The van der Waals surface area contributed by atoms with Gasteiger partial charge in [-0.05, 0) is 24.3 Å². The summed E-state index contributed by atoms with van der Waals surface area (Å²) in [6.07, 6.45) is -0.00611. The lowest BCUT2D eigenvalue weighted by Gasteiger charge is -2.36. The predicted octanol–water partition coefficient (Wildman–Crippen LogP) is 2.79. The van der Waals surface area contributed by atoms with E-state index in [2.05, 4.69) is 15.3 Å². The maximum atomic E-state index is 13.2. The Hall–Kier alpha value is -1.86. The molecule has 1 aromatic heterocycles. The van der Waals surface area contributed by atoms with Crippen molar-refractivity contribution in [3.8, 4) is 0 Å². The van der Waals surface area contributed by atoms with Crippen molar-refractivity contribution in [3.05, 3.63) is 18.5 Å². The molecule has 24 heavy (non-hydrogen) atoms. The molecule has 1 aliphatic heterocycles. The van der Waals surface area contributed by atoms with E-state index in [0.29, 0.717) is 31.9 Å². The van der Waals surface area contributed by atoms with Crippen LogP contribution in [0.5, 0.6) is 0 Å². The van der Waals surface area contributed by atoms with Crippen molar-refractivity contribution >= 4 is 11.9 Å². The monoisotopic (exact) mass is 344 g/mol. The van der Waals surface area contributed by atoms with Crippen molar-refractivity contribution < 1.29 is 18.0 Å². The number of aromatic nitrogens is 2. The first-order valence-electron chi connectivity index (χ1n) is 7.98. The standard InChI is InChI=1S/C16H23F3N4O/c1-15(2,3)13(16(17,18)19)22-12(24)11-6-4-9-23(10-11)14-20-7-5-8-21-14/h5,7-8,11,13H,4,6,9-10H2,1-3H3,(H,22,24)/t11-,13+/m0/s1. The van der Waals surface area contributed by atoms with E-state index in [1.54, 1.807) is 18.5 Å². The molecular weight excluding hydrogens is 321 g/mol. The summed E-state index contributed by atoms with van der Waals surface area (Å²) >= 11 is 0. The van der Waals surface area contributed by atoms with Crippen LogP contribution >= 0.6 is 0 Å². The number of rotatable bonds is 3. The Kier molecular flexibility index (Phi) is 5.35. The van der Waals surface area contributed by atoms with E-state index in [1.165, 1.54) is 20.8 Å². The van der Waals surface area contributed by atoms with Gasteiger partial charge in [-0.15, -0.1) is 0 Å². The van der Waals surface area contributed by atoms with Crippen LogP contribution in [0.25, 0.3) is 0 Å². The molecule has 0 spiro atoms. The van der Waals surface area contributed by atoms with Gasteiger partial charge < -0.3 is 10.2 Å². The van der Waals surface area contributed by atoms with Crippen molar-refractivity contribution in [2.75, 3.05) is 18.0 Å². The minimum absolute atomic E-state index is 0.324.